The molecule has 88 valence electrons. The molecule has 1 amide bonds. The molecule has 1 N–H and O–H groups in total. The van der Waals surface area contributed by atoms with Crippen LogP contribution in [0.3, 0.4) is 0 Å². The number of amides is 1. The first kappa shape index (κ1) is 12.3. The highest BCUT2D eigenvalue weighted by Crippen LogP contribution is 2.09. The quantitative estimate of drug-likeness (QED) is 0.686. The summed E-state index contributed by atoms with van der Waals surface area (Å²) < 4.78 is 28.2. The third-order valence-corrected chi connectivity index (χ3v) is 2.33. The topological polar surface area (TPSA) is 41.6 Å². The van der Waals surface area contributed by atoms with E-state index in [0.717, 1.165) is 0 Å². The van der Waals surface area contributed by atoms with E-state index in [9.17, 15) is 13.6 Å². The van der Waals surface area contributed by atoms with Crippen LogP contribution < -0.4 is 5.32 Å². The minimum absolute atomic E-state index is 0.0110. The zero-order valence-corrected chi connectivity index (χ0v) is 8.87. The third kappa shape index (κ3) is 3.39. The molecule has 1 saturated heterocycles. The van der Waals surface area contributed by atoms with Crippen molar-refractivity contribution < 1.29 is 18.3 Å². The number of nitrogens with zero attached hydrogens (tertiary/aromatic N) is 1. The minimum Gasteiger partial charge on any atom is -0.374 e. The lowest BCUT2D eigenvalue weighted by Gasteiger charge is -2.20. The van der Waals surface area contributed by atoms with E-state index in [1.807, 2.05) is 6.92 Å². The summed E-state index contributed by atoms with van der Waals surface area (Å²) in [4.78, 5) is 13.1. The first-order valence-corrected chi connectivity index (χ1v) is 4.94. The number of carbonyl (C=O) groups is 1. The molecule has 1 aliphatic heterocycles. The van der Waals surface area contributed by atoms with Gasteiger partial charge < -0.3 is 9.64 Å². The number of rotatable bonds is 5. The van der Waals surface area contributed by atoms with E-state index in [1.165, 1.54) is 0 Å². The molecule has 0 spiro atoms. The van der Waals surface area contributed by atoms with Crippen LogP contribution in [0.2, 0.25) is 0 Å². The summed E-state index contributed by atoms with van der Waals surface area (Å²) in [5, 5.41) is 3.04. The van der Waals surface area contributed by atoms with Crippen molar-refractivity contribution in [1.29, 1.82) is 0 Å². The Balaban J connectivity index is 2.23. The van der Waals surface area contributed by atoms with Crippen molar-refractivity contribution in [3.8, 4) is 0 Å². The van der Waals surface area contributed by atoms with Crippen LogP contribution in [0.1, 0.15) is 13.8 Å². The van der Waals surface area contributed by atoms with E-state index in [1.54, 1.807) is 11.8 Å². The van der Waals surface area contributed by atoms with E-state index in [2.05, 4.69) is 5.32 Å². The van der Waals surface area contributed by atoms with Gasteiger partial charge in [0.1, 0.15) is 6.61 Å². The van der Waals surface area contributed by atoms with Gasteiger partial charge in [-0.2, -0.15) is 0 Å². The second kappa shape index (κ2) is 5.37. The first-order valence-electron chi connectivity index (χ1n) is 4.94. The number of alkyl halides is 2. The Labute approximate surface area is 87.6 Å². The molecule has 0 aromatic heterocycles. The number of carbonyl (C=O) groups excluding carboxylic acids is 1. The van der Waals surface area contributed by atoms with Crippen LogP contribution in [0.4, 0.5) is 8.78 Å². The van der Waals surface area contributed by atoms with Crippen LogP contribution in [-0.2, 0) is 9.53 Å². The van der Waals surface area contributed by atoms with Crippen LogP contribution in [0.5, 0.6) is 0 Å². The molecule has 4 nitrogen and oxygen atoms in total. The molecule has 0 saturated carbocycles. The van der Waals surface area contributed by atoms with E-state index in [4.69, 9.17) is 4.74 Å². The fourth-order valence-corrected chi connectivity index (χ4v) is 1.60. The predicted molar refractivity (Wildman–Crippen MR) is 50.6 cm³/mol. The number of nitrogens with one attached hydrogen (secondary N) is 1. The molecule has 2 unspecified atom stereocenters. The average Bonchev–Trinajstić information content (AvgIpc) is 2.37. The maximum absolute atomic E-state index is 11.7. The average molecular weight is 222 g/mol. The van der Waals surface area contributed by atoms with Gasteiger partial charge in [0.25, 0.3) is 6.43 Å². The van der Waals surface area contributed by atoms with Crippen molar-refractivity contribution in [2.24, 2.45) is 0 Å². The highest BCUT2D eigenvalue weighted by Gasteiger charge is 2.32. The summed E-state index contributed by atoms with van der Waals surface area (Å²) >= 11 is 0. The fourth-order valence-electron chi connectivity index (χ4n) is 1.60. The molecule has 0 radical (unpaired) electrons. The SMILES string of the molecule is CC1NC(C)N(CCOCC(F)F)C1=O. The summed E-state index contributed by atoms with van der Waals surface area (Å²) in [6.45, 7) is 3.56. The van der Waals surface area contributed by atoms with Crippen LogP contribution in [0.25, 0.3) is 0 Å². The molecule has 1 heterocycles. The van der Waals surface area contributed by atoms with Crippen molar-refractivity contribution in [3.63, 3.8) is 0 Å². The largest absolute Gasteiger partial charge is 0.374 e. The lowest BCUT2D eigenvalue weighted by Crippen LogP contribution is -2.37. The molecule has 0 aromatic rings. The Bertz CT molecular complexity index is 226. The summed E-state index contributed by atoms with van der Waals surface area (Å²) in [7, 11) is 0. The minimum atomic E-state index is -2.45. The molecule has 0 bridgehead atoms. The van der Waals surface area contributed by atoms with Gasteiger partial charge in [0.2, 0.25) is 5.91 Å². The summed E-state index contributed by atoms with van der Waals surface area (Å²) in [5.74, 6) is -0.0110. The molecule has 0 aliphatic carbocycles. The standard InChI is InChI=1S/C9H16F2N2O2/c1-6-9(14)13(7(2)12-6)3-4-15-5-8(10)11/h6-8,12H,3-5H2,1-2H3. The van der Waals surface area contributed by atoms with E-state index >= 15 is 0 Å². The summed E-state index contributed by atoms with van der Waals surface area (Å²) in [5.41, 5.74) is 0. The van der Waals surface area contributed by atoms with Gasteiger partial charge in [-0.05, 0) is 13.8 Å². The van der Waals surface area contributed by atoms with Crippen molar-refractivity contribution in [3.05, 3.63) is 0 Å². The number of halogens is 2. The smallest absolute Gasteiger partial charge is 0.261 e. The Morgan fingerprint density at radius 3 is 2.67 bits per heavy atom. The number of hydrogen-bond donors (Lipinski definition) is 1. The summed E-state index contributed by atoms with van der Waals surface area (Å²) in [6, 6.07) is -0.199. The molecule has 6 heteroatoms. The highest BCUT2D eigenvalue weighted by molar-refractivity contribution is 5.83. The Kier molecular flexibility index (Phi) is 4.41. The van der Waals surface area contributed by atoms with Gasteiger partial charge in [0, 0.05) is 6.54 Å². The van der Waals surface area contributed by atoms with Crippen LogP contribution in [-0.4, -0.2) is 49.2 Å². The van der Waals surface area contributed by atoms with Crippen molar-refractivity contribution in [1.82, 2.24) is 10.2 Å². The van der Waals surface area contributed by atoms with Gasteiger partial charge in [-0.1, -0.05) is 0 Å². The molecule has 15 heavy (non-hydrogen) atoms. The van der Waals surface area contributed by atoms with Crippen LogP contribution >= 0.6 is 0 Å². The predicted octanol–water partition coefficient (Wildman–Crippen LogP) is 0.434. The molecule has 1 aliphatic rings. The van der Waals surface area contributed by atoms with Gasteiger partial charge in [-0.25, -0.2) is 8.78 Å². The van der Waals surface area contributed by atoms with Crippen molar-refractivity contribution in [2.75, 3.05) is 19.8 Å². The Morgan fingerprint density at radius 2 is 2.20 bits per heavy atom. The van der Waals surface area contributed by atoms with Gasteiger partial charge in [-0.3, -0.25) is 10.1 Å². The zero-order chi connectivity index (χ0) is 11.4. The van der Waals surface area contributed by atoms with Gasteiger partial charge in [0.15, 0.2) is 0 Å². The van der Waals surface area contributed by atoms with Crippen LogP contribution in [0.15, 0.2) is 0 Å². The fraction of sp³-hybridized carbons (Fsp3) is 0.889. The maximum atomic E-state index is 11.7. The normalized spacial score (nSPS) is 26.7. The monoisotopic (exact) mass is 222 g/mol. The lowest BCUT2D eigenvalue weighted by molar-refractivity contribution is -0.130. The van der Waals surface area contributed by atoms with Crippen LogP contribution in [0, 0.1) is 0 Å². The second-order valence-corrected chi connectivity index (χ2v) is 3.56. The third-order valence-electron chi connectivity index (χ3n) is 2.33. The van der Waals surface area contributed by atoms with E-state index in [0.29, 0.717) is 6.54 Å². The van der Waals surface area contributed by atoms with Crippen molar-refractivity contribution >= 4 is 5.91 Å². The number of ether oxygens (including phenoxy) is 1. The van der Waals surface area contributed by atoms with E-state index in [-0.39, 0.29) is 24.7 Å². The van der Waals surface area contributed by atoms with Gasteiger partial charge in [0.05, 0.1) is 18.8 Å². The Morgan fingerprint density at radius 1 is 1.53 bits per heavy atom. The summed E-state index contributed by atoms with van der Waals surface area (Å²) in [6.07, 6.45) is -2.50. The number of hydrogen-bond acceptors (Lipinski definition) is 3. The van der Waals surface area contributed by atoms with Gasteiger partial charge in [-0.15, -0.1) is 0 Å². The molecular weight excluding hydrogens is 206 g/mol. The molecule has 0 aromatic carbocycles. The maximum Gasteiger partial charge on any atom is 0.261 e. The molecule has 2 atom stereocenters. The molecular formula is C9H16F2N2O2. The van der Waals surface area contributed by atoms with Gasteiger partial charge >= 0.3 is 0 Å². The Hall–Kier alpha value is -0.750. The highest BCUT2D eigenvalue weighted by atomic mass is 19.3. The molecule has 1 rings (SSSR count). The zero-order valence-electron chi connectivity index (χ0n) is 8.87. The second-order valence-electron chi connectivity index (χ2n) is 3.56. The molecule has 1 fully saturated rings. The first-order chi connectivity index (χ1) is 7.02. The van der Waals surface area contributed by atoms with Crippen molar-refractivity contribution in [2.45, 2.75) is 32.5 Å². The lowest BCUT2D eigenvalue weighted by atomic mass is 10.3. The van der Waals surface area contributed by atoms with E-state index < -0.39 is 13.0 Å².